The number of hydrogen-bond acceptors (Lipinski definition) is 3. The summed E-state index contributed by atoms with van der Waals surface area (Å²) in [5.41, 5.74) is -6.27. The van der Waals surface area contributed by atoms with Gasteiger partial charge >= 0.3 is 38.3 Å². The van der Waals surface area contributed by atoms with E-state index in [2.05, 4.69) is 13.3 Å². The van der Waals surface area contributed by atoms with Gasteiger partial charge in [0.25, 0.3) is 0 Å². The van der Waals surface area contributed by atoms with Gasteiger partial charge in [0.1, 0.15) is 0 Å². The average Bonchev–Trinajstić information content (AvgIpc) is 2.53. The maximum Gasteiger partial charge on any atom is 0.582 e. The first kappa shape index (κ1) is 28.3. The molecule has 0 radical (unpaired) electrons. The number of halogens is 12. The maximum atomic E-state index is 14.5. The molecule has 0 spiro atoms. The minimum Gasteiger partial charge on any atom is -0.370 e. The second-order valence-corrected chi connectivity index (χ2v) is 8.09. The fraction of sp³-hybridized carbons (Fsp3) is 1.00. The number of rotatable bonds is 12. The van der Waals surface area contributed by atoms with Crippen LogP contribution in [0.2, 0.25) is 0 Å². The molecule has 176 valence electrons. The molecule has 0 saturated heterocycles. The minimum atomic E-state index is -7.28. The predicted octanol–water partition coefficient (Wildman–Crippen LogP) is 5.41. The third-order valence-electron chi connectivity index (χ3n) is 3.40. The summed E-state index contributed by atoms with van der Waals surface area (Å²) >= 11 is 0. The van der Waals surface area contributed by atoms with Gasteiger partial charge < -0.3 is 13.3 Å². The van der Waals surface area contributed by atoms with Crippen molar-refractivity contribution in [3.63, 3.8) is 0 Å². The van der Waals surface area contributed by atoms with Gasteiger partial charge in [0, 0.05) is 19.8 Å². The molecule has 16 heteroatoms. The lowest BCUT2D eigenvalue weighted by Crippen LogP contribution is -2.75. The lowest BCUT2D eigenvalue weighted by Gasteiger charge is -2.42. The second kappa shape index (κ2) is 9.17. The SMILES string of the molecule is CCO[Si](OCC)(OCC)C(F)(F)C(F)(F)C(F)(F)C(F)(F)C(F)CC(F)(F)F. The van der Waals surface area contributed by atoms with Crippen molar-refractivity contribution in [3.05, 3.63) is 0 Å². The van der Waals surface area contributed by atoms with Crippen molar-refractivity contribution in [2.45, 2.75) is 62.9 Å². The van der Waals surface area contributed by atoms with Crippen molar-refractivity contribution < 1.29 is 66.0 Å². The van der Waals surface area contributed by atoms with E-state index in [1.54, 1.807) is 0 Å². The highest BCUT2D eigenvalue weighted by molar-refractivity contribution is 6.63. The monoisotopic (exact) mass is 478 g/mol. The largest absolute Gasteiger partial charge is 0.582 e. The van der Waals surface area contributed by atoms with Gasteiger partial charge in [-0.05, 0) is 20.8 Å². The second-order valence-electron chi connectivity index (χ2n) is 5.49. The molecule has 1 atom stereocenters. The Hall–Kier alpha value is -0.743. The Kier molecular flexibility index (Phi) is 8.94. The van der Waals surface area contributed by atoms with Gasteiger partial charge in [-0.15, -0.1) is 0 Å². The molecule has 0 fully saturated rings. The summed E-state index contributed by atoms with van der Waals surface area (Å²) in [6.07, 6.45) is -14.0. The van der Waals surface area contributed by atoms with Crippen LogP contribution in [0.5, 0.6) is 0 Å². The van der Waals surface area contributed by atoms with Gasteiger partial charge in [-0.25, -0.2) is 4.39 Å². The molecule has 0 aliphatic heterocycles. The van der Waals surface area contributed by atoms with Crippen LogP contribution in [0.25, 0.3) is 0 Å². The highest BCUT2D eigenvalue weighted by atomic mass is 28.4. The maximum absolute atomic E-state index is 14.5. The molecular weight excluding hydrogens is 460 g/mol. The van der Waals surface area contributed by atoms with Crippen LogP contribution in [0, 0.1) is 0 Å². The molecule has 1 unspecified atom stereocenters. The van der Waals surface area contributed by atoms with Crippen LogP contribution in [0.3, 0.4) is 0 Å². The standard InChI is InChI=1S/C13H18F12O3Si/c1-4-26-29(27-5-2,28-6-3)13(24,25)12(22,23)11(20,21)10(18,19)8(14)7-9(15,16)17/h8H,4-7H2,1-3H3. The zero-order valence-electron chi connectivity index (χ0n) is 15.2. The van der Waals surface area contributed by atoms with Crippen LogP contribution in [0.1, 0.15) is 27.2 Å². The third kappa shape index (κ3) is 5.12. The fourth-order valence-electron chi connectivity index (χ4n) is 2.09. The van der Waals surface area contributed by atoms with E-state index in [-0.39, 0.29) is 0 Å². The number of alkyl halides is 12. The summed E-state index contributed by atoms with van der Waals surface area (Å²) < 4.78 is 174. The van der Waals surface area contributed by atoms with Crippen LogP contribution in [-0.2, 0) is 13.3 Å². The summed E-state index contributed by atoms with van der Waals surface area (Å²) in [5.74, 6) is -21.2. The van der Waals surface area contributed by atoms with E-state index in [1.165, 1.54) is 0 Å². The molecule has 0 aromatic heterocycles. The predicted molar refractivity (Wildman–Crippen MR) is 76.0 cm³/mol. The Bertz CT molecular complexity index is 509. The number of hydrogen-bond donors (Lipinski definition) is 0. The first-order valence-corrected chi connectivity index (χ1v) is 9.67. The van der Waals surface area contributed by atoms with Crippen LogP contribution < -0.4 is 0 Å². The van der Waals surface area contributed by atoms with Crippen molar-refractivity contribution >= 4 is 8.80 Å². The molecule has 0 aliphatic rings. The Morgan fingerprint density at radius 1 is 0.655 bits per heavy atom. The van der Waals surface area contributed by atoms with Crippen molar-refractivity contribution in [2.75, 3.05) is 19.8 Å². The van der Waals surface area contributed by atoms with E-state index in [0.29, 0.717) is 0 Å². The normalized spacial score (nSPS) is 16.2. The first-order valence-electron chi connectivity index (χ1n) is 7.95. The van der Waals surface area contributed by atoms with Gasteiger partial charge in [-0.2, -0.15) is 48.3 Å². The highest BCUT2D eigenvalue weighted by Crippen LogP contribution is 2.57. The molecule has 0 N–H and O–H groups in total. The summed E-state index contributed by atoms with van der Waals surface area (Å²) in [4.78, 5) is 0. The molecule has 29 heavy (non-hydrogen) atoms. The van der Waals surface area contributed by atoms with Gasteiger partial charge in [0.2, 0.25) is 0 Å². The molecular formula is C13H18F12O3Si. The summed E-state index contributed by atoms with van der Waals surface area (Å²) in [6.45, 7) is 0.254. The molecule has 0 heterocycles. The van der Waals surface area contributed by atoms with Gasteiger partial charge in [0.05, 0.1) is 6.42 Å². The minimum absolute atomic E-state index is 0.861. The first-order chi connectivity index (χ1) is 12.8. The molecule has 0 rings (SSSR count). The van der Waals surface area contributed by atoms with Gasteiger partial charge in [0.15, 0.2) is 6.17 Å². The molecule has 3 nitrogen and oxygen atoms in total. The lowest BCUT2D eigenvalue weighted by atomic mass is 9.98. The average molecular weight is 478 g/mol. The van der Waals surface area contributed by atoms with E-state index < -0.39 is 70.7 Å². The third-order valence-corrected chi connectivity index (χ3v) is 6.49. The molecule has 0 aliphatic carbocycles. The van der Waals surface area contributed by atoms with E-state index in [0.717, 1.165) is 20.8 Å². The molecule has 0 aromatic rings. The Labute approximate surface area is 158 Å². The van der Waals surface area contributed by atoms with E-state index in [1.807, 2.05) is 0 Å². The Morgan fingerprint density at radius 2 is 1.00 bits per heavy atom. The van der Waals surface area contributed by atoms with Crippen molar-refractivity contribution in [2.24, 2.45) is 0 Å². The summed E-state index contributed by atoms with van der Waals surface area (Å²) in [6, 6.07) is 0. The van der Waals surface area contributed by atoms with E-state index in [9.17, 15) is 52.7 Å². The van der Waals surface area contributed by atoms with Crippen LogP contribution >= 0.6 is 0 Å². The molecule has 0 bridgehead atoms. The zero-order chi connectivity index (χ0) is 23.5. The zero-order valence-corrected chi connectivity index (χ0v) is 16.2. The molecule has 0 aromatic carbocycles. The quantitative estimate of drug-likeness (QED) is 0.278. The van der Waals surface area contributed by atoms with E-state index in [4.69, 9.17) is 0 Å². The Morgan fingerprint density at radius 3 is 1.28 bits per heavy atom. The Balaban J connectivity index is 6.42. The van der Waals surface area contributed by atoms with Crippen LogP contribution in [-0.4, -0.2) is 64.3 Å². The summed E-state index contributed by atoms with van der Waals surface area (Å²) in [5, 5.41) is 0. The van der Waals surface area contributed by atoms with Crippen LogP contribution in [0.4, 0.5) is 52.7 Å². The topological polar surface area (TPSA) is 27.7 Å². The van der Waals surface area contributed by atoms with Gasteiger partial charge in [-0.1, -0.05) is 0 Å². The van der Waals surface area contributed by atoms with Gasteiger partial charge in [-0.3, -0.25) is 0 Å². The van der Waals surface area contributed by atoms with Crippen molar-refractivity contribution in [1.82, 2.24) is 0 Å². The highest BCUT2D eigenvalue weighted by Gasteiger charge is 2.89. The molecule has 0 amide bonds. The van der Waals surface area contributed by atoms with E-state index >= 15 is 0 Å². The fourth-order valence-corrected chi connectivity index (χ4v) is 4.57. The lowest BCUT2D eigenvalue weighted by molar-refractivity contribution is -0.371. The van der Waals surface area contributed by atoms with Crippen LogP contribution in [0.15, 0.2) is 0 Å². The smallest absolute Gasteiger partial charge is 0.370 e. The molecule has 0 saturated carbocycles. The van der Waals surface area contributed by atoms with Crippen molar-refractivity contribution in [3.8, 4) is 0 Å². The van der Waals surface area contributed by atoms with Crippen molar-refractivity contribution in [1.29, 1.82) is 0 Å². The summed E-state index contributed by atoms with van der Waals surface area (Å²) in [7, 11) is -6.17.